The number of amides is 1. The van der Waals surface area contributed by atoms with Crippen LogP contribution in [0.5, 0.6) is 0 Å². The number of carbonyl (C=O) groups excluding carboxylic acids is 1. The van der Waals surface area contributed by atoms with Gasteiger partial charge in [-0.25, -0.2) is 0 Å². The predicted octanol–water partition coefficient (Wildman–Crippen LogP) is 5.00. The van der Waals surface area contributed by atoms with Crippen LogP contribution in [-0.2, 0) is 11.3 Å². The zero-order chi connectivity index (χ0) is 19.0. The Morgan fingerprint density at radius 3 is 2.61 bits per heavy atom. The smallest absolute Gasteiger partial charge is 0.258 e. The highest BCUT2D eigenvalue weighted by molar-refractivity contribution is 5.91. The third-order valence-corrected chi connectivity index (χ3v) is 8.53. The number of carbonyl (C=O) groups is 1. The molecular weight excluding hydrogens is 344 g/mol. The zero-order valence-corrected chi connectivity index (χ0v) is 17.0. The molecule has 3 nitrogen and oxygen atoms in total. The summed E-state index contributed by atoms with van der Waals surface area (Å²) in [5.74, 6) is 3.95. The second kappa shape index (κ2) is 5.82. The second-order valence-electron chi connectivity index (χ2n) is 10.2. The largest absolute Gasteiger partial charge is 0.271 e. The Bertz CT molecular complexity index is 945. The minimum Gasteiger partial charge on any atom is -0.271 e. The zero-order valence-electron chi connectivity index (χ0n) is 17.0. The Balaban J connectivity index is 1.32. The first-order valence-corrected chi connectivity index (χ1v) is 11.1. The van der Waals surface area contributed by atoms with Crippen molar-refractivity contribution >= 4 is 16.7 Å². The lowest BCUT2D eigenvalue weighted by molar-refractivity contribution is -0.234. The molecule has 146 valence electrons. The van der Waals surface area contributed by atoms with Crippen LogP contribution >= 0.6 is 0 Å². The number of hydrazine groups is 1. The third kappa shape index (κ3) is 2.23. The van der Waals surface area contributed by atoms with Gasteiger partial charge in [0.05, 0.1) is 6.04 Å². The molecule has 5 unspecified atom stereocenters. The highest BCUT2D eigenvalue weighted by Crippen LogP contribution is 2.59. The quantitative estimate of drug-likeness (QED) is 0.755. The van der Waals surface area contributed by atoms with Gasteiger partial charge in [-0.2, -0.15) is 5.01 Å². The summed E-state index contributed by atoms with van der Waals surface area (Å²) in [7, 11) is 0. The SMILES string of the molecule is CC1(C)C(=O)N(C2CCC3CC4CC2CC34)N1Cc1cccc2ccccc12. The molecule has 2 aromatic rings. The molecule has 3 saturated carbocycles. The molecule has 4 aliphatic rings. The molecule has 0 aromatic heterocycles. The van der Waals surface area contributed by atoms with E-state index in [4.69, 9.17) is 0 Å². The monoisotopic (exact) mass is 374 g/mol. The Morgan fingerprint density at radius 1 is 0.929 bits per heavy atom. The summed E-state index contributed by atoms with van der Waals surface area (Å²) >= 11 is 0. The van der Waals surface area contributed by atoms with E-state index in [-0.39, 0.29) is 0 Å². The Labute approximate surface area is 167 Å². The van der Waals surface area contributed by atoms with Gasteiger partial charge in [-0.05, 0) is 86.0 Å². The first-order chi connectivity index (χ1) is 13.5. The highest BCUT2D eigenvalue weighted by Gasteiger charge is 2.59. The molecule has 28 heavy (non-hydrogen) atoms. The molecule has 2 bridgehead atoms. The fraction of sp³-hybridized carbons (Fsp3) is 0.560. The number of benzene rings is 2. The summed E-state index contributed by atoms with van der Waals surface area (Å²) in [6, 6.07) is 15.6. The van der Waals surface area contributed by atoms with Crippen LogP contribution in [0.25, 0.3) is 10.8 Å². The van der Waals surface area contributed by atoms with Gasteiger partial charge < -0.3 is 0 Å². The number of hydrogen-bond donors (Lipinski definition) is 0. The minimum atomic E-state index is -0.399. The maximum absolute atomic E-state index is 13.2. The van der Waals surface area contributed by atoms with Crippen molar-refractivity contribution in [2.24, 2.45) is 23.7 Å². The fourth-order valence-electron chi connectivity index (χ4n) is 6.93. The summed E-state index contributed by atoms with van der Waals surface area (Å²) in [6.07, 6.45) is 6.72. The first-order valence-electron chi connectivity index (χ1n) is 11.1. The molecule has 1 aliphatic heterocycles. The molecule has 2 aromatic carbocycles. The molecular formula is C25H30N2O. The summed E-state index contributed by atoms with van der Waals surface area (Å²) < 4.78 is 0. The molecule has 1 heterocycles. The van der Waals surface area contributed by atoms with Crippen molar-refractivity contribution in [3.05, 3.63) is 48.0 Å². The van der Waals surface area contributed by atoms with Crippen LogP contribution in [0.3, 0.4) is 0 Å². The van der Waals surface area contributed by atoms with Crippen LogP contribution in [0.15, 0.2) is 42.5 Å². The van der Waals surface area contributed by atoms with E-state index in [1.165, 1.54) is 48.4 Å². The minimum absolute atomic E-state index is 0.330. The summed E-state index contributed by atoms with van der Waals surface area (Å²) in [5, 5.41) is 7.17. The van der Waals surface area contributed by atoms with Gasteiger partial charge in [0, 0.05) is 6.54 Å². The molecule has 3 aliphatic carbocycles. The first kappa shape index (κ1) is 17.0. The average molecular weight is 375 g/mol. The summed E-state index contributed by atoms with van der Waals surface area (Å²) in [5.41, 5.74) is 0.925. The van der Waals surface area contributed by atoms with Crippen molar-refractivity contribution in [3.63, 3.8) is 0 Å². The van der Waals surface area contributed by atoms with Gasteiger partial charge in [-0.3, -0.25) is 9.80 Å². The molecule has 1 amide bonds. The van der Waals surface area contributed by atoms with E-state index in [1.807, 2.05) is 0 Å². The topological polar surface area (TPSA) is 23.6 Å². The number of fused-ring (bicyclic) bond motifs is 2. The molecule has 0 N–H and O–H groups in total. The van der Waals surface area contributed by atoms with Crippen molar-refractivity contribution in [1.29, 1.82) is 0 Å². The predicted molar refractivity (Wildman–Crippen MR) is 111 cm³/mol. The average Bonchev–Trinajstić information content (AvgIpc) is 2.94. The maximum atomic E-state index is 13.2. The van der Waals surface area contributed by atoms with Crippen LogP contribution in [0.4, 0.5) is 0 Å². The van der Waals surface area contributed by atoms with Crippen molar-refractivity contribution in [3.8, 4) is 0 Å². The van der Waals surface area contributed by atoms with Crippen molar-refractivity contribution < 1.29 is 4.79 Å². The van der Waals surface area contributed by atoms with Crippen LogP contribution < -0.4 is 0 Å². The number of hydrogen-bond acceptors (Lipinski definition) is 2. The number of nitrogens with zero attached hydrogens (tertiary/aromatic N) is 2. The van der Waals surface area contributed by atoms with Crippen LogP contribution in [0.2, 0.25) is 0 Å². The third-order valence-electron chi connectivity index (χ3n) is 8.53. The van der Waals surface area contributed by atoms with E-state index < -0.39 is 5.54 Å². The van der Waals surface area contributed by atoms with E-state index >= 15 is 0 Å². The molecule has 5 atom stereocenters. The van der Waals surface area contributed by atoms with E-state index in [9.17, 15) is 4.79 Å². The van der Waals surface area contributed by atoms with Gasteiger partial charge in [0.25, 0.3) is 5.91 Å². The Morgan fingerprint density at radius 2 is 1.71 bits per heavy atom. The van der Waals surface area contributed by atoms with Crippen molar-refractivity contribution in [2.45, 2.75) is 64.1 Å². The summed E-state index contributed by atoms with van der Waals surface area (Å²) in [6.45, 7) is 5.02. The maximum Gasteiger partial charge on any atom is 0.258 e. The van der Waals surface area contributed by atoms with Crippen molar-refractivity contribution in [2.75, 3.05) is 0 Å². The Kier molecular flexibility index (Phi) is 3.54. The van der Waals surface area contributed by atoms with Gasteiger partial charge in [-0.15, -0.1) is 0 Å². The van der Waals surface area contributed by atoms with E-state index in [0.29, 0.717) is 11.9 Å². The van der Waals surface area contributed by atoms with Gasteiger partial charge in [0.2, 0.25) is 0 Å². The van der Waals surface area contributed by atoms with E-state index in [0.717, 1.165) is 30.2 Å². The van der Waals surface area contributed by atoms with Gasteiger partial charge in [-0.1, -0.05) is 42.5 Å². The fourth-order valence-corrected chi connectivity index (χ4v) is 6.93. The van der Waals surface area contributed by atoms with Crippen molar-refractivity contribution in [1.82, 2.24) is 10.0 Å². The van der Waals surface area contributed by atoms with Gasteiger partial charge in [0.15, 0.2) is 0 Å². The highest BCUT2D eigenvalue weighted by atomic mass is 16.2. The van der Waals surface area contributed by atoms with Crippen LogP contribution in [0.1, 0.15) is 51.5 Å². The number of rotatable bonds is 3. The van der Waals surface area contributed by atoms with E-state index in [1.54, 1.807) is 0 Å². The van der Waals surface area contributed by atoms with Gasteiger partial charge in [0.1, 0.15) is 5.54 Å². The molecule has 4 fully saturated rings. The van der Waals surface area contributed by atoms with Crippen LogP contribution in [-0.4, -0.2) is 27.5 Å². The lowest BCUT2D eigenvalue weighted by atomic mass is 9.64. The molecule has 6 rings (SSSR count). The normalized spacial score (nSPS) is 36.1. The molecule has 0 radical (unpaired) electrons. The molecule has 0 spiro atoms. The van der Waals surface area contributed by atoms with E-state index in [2.05, 4.69) is 66.3 Å². The van der Waals surface area contributed by atoms with Crippen LogP contribution in [0, 0.1) is 23.7 Å². The lowest BCUT2D eigenvalue weighted by Gasteiger charge is -2.59. The van der Waals surface area contributed by atoms with Gasteiger partial charge >= 0.3 is 0 Å². The summed E-state index contributed by atoms with van der Waals surface area (Å²) in [4.78, 5) is 13.2. The molecule has 3 heteroatoms. The second-order valence-corrected chi connectivity index (χ2v) is 10.2. The molecule has 1 saturated heterocycles. The lowest BCUT2D eigenvalue weighted by Crippen LogP contribution is -2.77. The Hall–Kier alpha value is -1.87. The standard InChI is InChI=1S/C25H30N2O/c1-25(2)24(28)27(23-11-10-17-12-19-13-20(23)14-22(17)19)26(25)15-18-8-5-7-16-6-3-4-9-21(16)18/h3-9,17,19-20,22-23H,10-15H2,1-2H3.